The number of imidazole rings is 1. The van der Waals surface area contributed by atoms with Crippen LogP contribution in [-0.4, -0.2) is 33.5 Å². The Morgan fingerprint density at radius 3 is 2.43 bits per heavy atom. The number of benzene rings is 4. The molecule has 9 nitrogen and oxygen atoms in total. The monoisotopic (exact) mass is 605 g/mol. The zero-order valence-corrected chi connectivity index (χ0v) is 24.5. The zero-order valence-electron chi connectivity index (χ0n) is 23.8. The number of nitrogens with one attached hydrogen (secondary N) is 2. The molecule has 0 aliphatic carbocycles. The van der Waals surface area contributed by atoms with Crippen LogP contribution in [0.15, 0.2) is 108 Å². The Hall–Kier alpha value is -5.41. The molecule has 0 aliphatic heterocycles. The van der Waals surface area contributed by atoms with Gasteiger partial charge in [0, 0.05) is 29.1 Å². The summed E-state index contributed by atoms with van der Waals surface area (Å²) in [5.41, 5.74) is 5.20. The van der Waals surface area contributed by atoms with Crippen LogP contribution in [0.3, 0.4) is 0 Å². The lowest BCUT2D eigenvalue weighted by molar-refractivity contribution is -0.116. The highest BCUT2D eigenvalue weighted by atomic mass is 35.5. The number of oxazole rings is 1. The highest BCUT2D eigenvalue weighted by Gasteiger charge is 2.19. The van der Waals surface area contributed by atoms with Crippen molar-refractivity contribution in [2.24, 2.45) is 0 Å². The summed E-state index contributed by atoms with van der Waals surface area (Å²) >= 11 is 6.12. The van der Waals surface area contributed by atoms with Gasteiger partial charge >= 0.3 is 6.01 Å². The van der Waals surface area contributed by atoms with E-state index in [1.54, 1.807) is 54.4 Å². The Labute approximate surface area is 258 Å². The molecule has 2 amide bonds. The van der Waals surface area contributed by atoms with E-state index in [0.29, 0.717) is 46.0 Å². The second-order valence-corrected chi connectivity index (χ2v) is 10.5. The molecule has 2 heterocycles. The van der Waals surface area contributed by atoms with E-state index in [4.69, 9.17) is 25.7 Å². The number of aryl methyl sites for hydroxylation is 1. The number of hydrogen-bond donors (Lipinski definition) is 2. The first kappa shape index (κ1) is 28.7. The maximum atomic E-state index is 12.9. The number of fused-ring (bicyclic) bond motifs is 1. The molecule has 0 atom stereocenters. The molecule has 10 heteroatoms. The summed E-state index contributed by atoms with van der Waals surface area (Å²) < 4.78 is 13.3. The van der Waals surface area contributed by atoms with E-state index in [1.165, 1.54) is 0 Å². The molecular weight excluding hydrogens is 578 g/mol. The number of aromatic nitrogens is 3. The van der Waals surface area contributed by atoms with E-state index in [1.807, 2.05) is 60.7 Å². The number of ether oxygens (including phenoxy) is 1. The molecule has 44 heavy (non-hydrogen) atoms. The van der Waals surface area contributed by atoms with Crippen LogP contribution in [0, 0.1) is 0 Å². The highest BCUT2D eigenvalue weighted by Crippen LogP contribution is 2.29. The van der Waals surface area contributed by atoms with Gasteiger partial charge in [0.1, 0.15) is 23.5 Å². The van der Waals surface area contributed by atoms with Gasteiger partial charge in [-0.2, -0.15) is 4.98 Å². The van der Waals surface area contributed by atoms with Crippen molar-refractivity contribution in [1.29, 1.82) is 0 Å². The van der Waals surface area contributed by atoms with E-state index in [-0.39, 0.29) is 24.7 Å². The lowest BCUT2D eigenvalue weighted by atomic mass is 10.1. The molecule has 220 valence electrons. The minimum absolute atomic E-state index is 0.169. The van der Waals surface area contributed by atoms with Gasteiger partial charge in [0.05, 0.1) is 30.3 Å². The van der Waals surface area contributed by atoms with E-state index >= 15 is 0 Å². The average molecular weight is 606 g/mol. The molecule has 2 N–H and O–H groups in total. The molecule has 0 spiro atoms. The Morgan fingerprint density at radius 1 is 0.886 bits per heavy atom. The summed E-state index contributed by atoms with van der Waals surface area (Å²) in [6.07, 6.45) is 2.35. The fourth-order valence-electron chi connectivity index (χ4n) is 4.84. The summed E-state index contributed by atoms with van der Waals surface area (Å²) in [4.78, 5) is 34.7. The number of halogens is 1. The van der Waals surface area contributed by atoms with Gasteiger partial charge in [-0.3, -0.25) is 14.2 Å². The maximum Gasteiger partial charge on any atom is 0.308 e. The van der Waals surface area contributed by atoms with Crippen molar-refractivity contribution in [3.05, 3.63) is 120 Å². The summed E-state index contributed by atoms with van der Waals surface area (Å²) in [5.74, 6) is 0.820. The number of rotatable bonds is 10. The SMILES string of the molecule is COc1ccccc1NC(=O)Cc1ccc(NC(=O)CCc2oc(-n3cnc4ccccc43)nc2-c2ccc(Cl)cc2)cc1. The van der Waals surface area contributed by atoms with Crippen LogP contribution in [-0.2, 0) is 22.4 Å². The Bertz CT molecular complexity index is 1930. The smallest absolute Gasteiger partial charge is 0.308 e. The van der Waals surface area contributed by atoms with Crippen LogP contribution in [0.2, 0.25) is 5.02 Å². The normalized spacial score (nSPS) is 11.0. The van der Waals surface area contributed by atoms with E-state index in [2.05, 4.69) is 15.6 Å². The number of carbonyl (C=O) groups excluding carboxylic acids is 2. The van der Waals surface area contributed by atoms with Crippen molar-refractivity contribution >= 4 is 45.8 Å². The van der Waals surface area contributed by atoms with Gasteiger partial charge < -0.3 is 19.8 Å². The van der Waals surface area contributed by atoms with Crippen molar-refractivity contribution in [1.82, 2.24) is 14.5 Å². The molecule has 6 aromatic rings. The van der Waals surface area contributed by atoms with Gasteiger partial charge in [-0.1, -0.05) is 60.1 Å². The van der Waals surface area contributed by atoms with Crippen LogP contribution in [0.1, 0.15) is 17.7 Å². The fraction of sp³-hybridized carbons (Fsp3) is 0.118. The summed E-state index contributed by atoms with van der Waals surface area (Å²) in [5, 5.41) is 6.40. The third kappa shape index (κ3) is 6.48. The maximum absolute atomic E-state index is 12.9. The molecule has 0 radical (unpaired) electrons. The van der Waals surface area contributed by atoms with Gasteiger partial charge in [-0.05, 0) is 54.1 Å². The number of carbonyl (C=O) groups is 2. The number of hydrogen-bond acceptors (Lipinski definition) is 6. The van der Waals surface area contributed by atoms with Crippen LogP contribution < -0.4 is 15.4 Å². The highest BCUT2D eigenvalue weighted by molar-refractivity contribution is 6.30. The van der Waals surface area contributed by atoms with Gasteiger partial charge in [0.25, 0.3) is 0 Å². The molecule has 6 rings (SSSR count). The standard InChI is InChI=1S/C34H28ClN5O4/c1-43-29-9-5-3-7-27(29)38-32(42)20-22-10-16-25(17-11-22)37-31(41)19-18-30-33(23-12-14-24(35)15-13-23)39-34(44-30)40-21-36-26-6-2-4-8-28(26)40/h2-17,21H,18-20H2,1H3,(H,37,41)(H,38,42). The first-order valence-electron chi connectivity index (χ1n) is 14.0. The van der Waals surface area contributed by atoms with Crippen LogP contribution in [0.5, 0.6) is 5.75 Å². The van der Waals surface area contributed by atoms with Crippen molar-refractivity contribution in [3.8, 4) is 23.0 Å². The quantitative estimate of drug-likeness (QED) is 0.172. The lowest BCUT2D eigenvalue weighted by Gasteiger charge is -2.10. The van der Waals surface area contributed by atoms with E-state index in [0.717, 1.165) is 22.2 Å². The average Bonchev–Trinajstić information content (AvgIpc) is 3.66. The zero-order chi connectivity index (χ0) is 30.5. The van der Waals surface area contributed by atoms with Gasteiger partial charge in [0.15, 0.2) is 0 Å². The van der Waals surface area contributed by atoms with Crippen molar-refractivity contribution in [2.45, 2.75) is 19.3 Å². The second kappa shape index (κ2) is 12.8. The first-order chi connectivity index (χ1) is 21.5. The number of methoxy groups -OCH3 is 1. The van der Waals surface area contributed by atoms with Gasteiger partial charge in [0.2, 0.25) is 11.8 Å². The van der Waals surface area contributed by atoms with Crippen LogP contribution >= 0.6 is 11.6 Å². The summed E-state index contributed by atoms with van der Waals surface area (Å²) in [6.45, 7) is 0. The molecule has 0 aliphatic rings. The van der Waals surface area contributed by atoms with Crippen molar-refractivity contribution < 1.29 is 18.7 Å². The number of nitrogens with zero attached hydrogens (tertiary/aromatic N) is 3. The predicted octanol–water partition coefficient (Wildman–Crippen LogP) is 7.10. The lowest BCUT2D eigenvalue weighted by Crippen LogP contribution is -2.15. The van der Waals surface area contributed by atoms with Gasteiger partial charge in [-0.15, -0.1) is 0 Å². The van der Waals surface area contributed by atoms with E-state index < -0.39 is 0 Å². The summed E-state index contributed by atoms with van der Waals surface area (Å²) in [7, 11) is 1.56. The molecule has 0 bridgehead atoms. The Kier molecular flexibility index (Phi) is 8.38. The second-order valence-electron chi connectivity index (χ2n) is 10.0. The largest absolute Gasteiger partial charge is 0.495 e. The van der Waals surface area contributed by atoms with Crippen LogP contribution in [0.4, 0.5) is 11.4 Å². The minimum Gasteiger partial charge on any atom is -0.495 e. The predicted molar refractivity (Wildman–Crippen MR) is 170 cm³/mol. The Morgan fingerprint density at radius 2 is 1.64 bits per heavy atom. The molecule has 0 saturated heterocycles. The van der Waals surface area contributed by atoms with Crippen LogP contribution in [0.25, 0.3) is 28.3 Å². The molecular formula is C34H28ClN5O4. The molecule has 2 aromatic heterocycles. The van der Waals surface area contributed by atoms with Gasteiger partial charge in [-0.25, -0.2) is 4.98 Å². The minimum atomic E-state index is -0.181. The number of para-hydroxylation sites is 4. The molecule has 0 unspecified atom stereocenters. The number of amides is 2. The Balaban J connectivity index is 1.11. The van der Waals surface area contributed by atoms with Crippen molar-refractivity contribution in [2.75, 3.05) is 17.7 Å². The molecule has 4 aromatic carbocycles. The fourth-order valence-corrected chi connectivity index (χ4v) is 4.97. The number of anilines is 2. The molecule has 0 saturated carbocycles. The van der Waals surface area contributed by atoms with Crippen molar-refractivity contribution in [3.63, 3.8) is 0 Å². The topological polar surface area (TPSA) is 111 Å². The third-order valence-corrected chi connectivity index (χ3v) is 7.28. The summed E-state index contributed by atoms with van der Waals surface area (Å²) in [6, 6.07) is 29.8. The van der Waals surface area contributed by atoms with E-state index in [9.17, 15) is 9.59 Å². The first-order valence-corrected chi connectivity index (χ1v) is 14.3. The molecule has 0 fully saturated rings. The third-order valence-electron chi connectivity index (χ3n) is 7.03.